The lowest BCUT2D eigenvalue weighted by molar-refractivity contribution is -0.181. The molecule has 23 heavy (non-hydrogen) atoms. The molecule has 1 aliphatic carbocycles. The molecule has 130 valence electrons. The second-order valence-corrected chi connectivity index (χ2v) is 7.77. The van der Waals surface area contributed by atoms with E-state index in [1.54, 1.807) is 4.90 Å². The normalized spacial score (nSPS) is 27.0. The zero-order chi connectivity index (χ0) is 16.4. The molecular formula is C18H31N3O2. The van der Waals surface area contributed by atoms with Crippen LogP contribution in [0.5, 0.6) is 0 Å². The molecule has 1 atom stereocenters. The molecule has 0 radical (unpaired) electrons. The summed E-state index contributed by atoms with van der Waals surface area (Å²) in [5, 5.41) is 3.11. The Morgan fingerprint density at radius 3 is 2.48 bits per heavy atom. The van der Waals surface area contributed by atoms with Crippen LogP contribution in [0, 0.1) is 5.41 Å². The molecule has 2 heterocycles. The highest BCUT2D eigenvalue weighted by molar-refractivity contribution is 6.02. The first kappa shape index (κ1) is 16.7. The Hall–Kier alpha value is -1.10. The fourth-order valence-electron chi connectivity index (χ4n) is 4.71. The summed E-state index contributed by atoms with van der Waals surface area (Å²) in [5.41, 5.74) is -0.372. The Labute approximate surface area is 139 Å². The molecular weight excluding hydrogens is 290 g/mol. The Morgan fingerprint density at radius 2 is 1.87 bits per heavy atom. The van der Waals surface area contributed by atoms with Crippen molar-refractivity contribution in [2.75, 3.05) is 26.2 Å². The molecule has 1 N–H and O–H groups in total. The van der Waals surface area contributed by atoms with E-state index in [0.29, 0.717) is 0 Å². The van der Waals surface area contributed by atoms with Crippen molar-refractivity contribution in [3.05, 3.63) is 0 Å². The molecule has 2 saturated heterocycles. The third-order valence-corrected chi connectivity index (χ3v) is 5.91. The molecule has 0 bridgehead atoms. The lowest BCUT2D eigenvalue weighted by Crippen LogP contribution is -2.74. The van der Waals surface area contributed by atoms with E-state index in [1.165, 1.54) is 25.9 Å². The summed E-state index contributed by atoms with van der Waals surface area (Å²) in [4.78, 5) is 29.6. The van der Waals surface area contributed by atoms with Gasteiger partial charge in [-0.05, 0) is 65.6 Å². The molecule has 0 aromatic carbocycles. The maximum absolute atomic E-state index is 12.7. The molecule has 2 amide bonds. The number of carbonyl (C=O) groups excluding carboxylic acids is 2. The van der Waals surface area contributed by atoms with Gasteiger partial charge in [0.1, 0.15) is 6.04 Å². The molecule has 1 saturated carbocycles. The van der Waals surface area contributed by atoms with E-state index in [2.05, 4.69) is 10.2 Å². The van der Waals surface area contributed by atoms with Gasteiger partial charge in [0.25, 0.3) is 0 Å². The molecule has 1 spiro atoms. The second kappa shape index (κ2) is 6.80. The predicted octanol–water partition coefficient (Wildman–Crippen LogP) is 1.77. The van der Waals surface area contributed by atoms with Crippen molar-refractivity contribution in [1.82, 2.24) is 15.1 Å². The number of amides is 2. The molecule has 1 unspecified atom stereocenters. The van der Waals surface area contributed by atoms with Gasteiger partial charge in [0.15, 0.2) is 0 Å². The lowest BCUT2D eigenvalue weighted by Gasteiger charge is -2.55. The Balaban J connectivity index is 1.52. The highest BCUT2D eigenvalue weighted by atomic mass is 16.2. The lowest BCUT2D eigenvalue weighted by atomic mass is 9.68. The van der Waals surface area contributed by atoms with Crippen molar-refractivity contribution >= 4 is 11.8 Å². The molecule has 5 nitrogen and oxygen atoms in total. The van der Waals surface area contributed by atoms with Gasteiger partial charge in [0, 0.05) is 12.6 Å². The topological polar surface area (TPSA) is 52.7 Å². The maximum atomic E-state index is 12.7. The van der Waals surface area contributed by atoms with Crippen LogP contribution in [-0.4, -0.2) is 59.9 Å². The number of β-lactam (4-membered cyclic amide) rings is 1. The SMILES string of the molecule is CC(C)N1C(=O)C2(CCCC2)C1C(=O)NCCCN1CCCC1. The number of nitrogens with one attached hydrogen (secondary N) is 1. The molecule has 2 aliphatic heterocycles. The smallest absolute Gasteiger partial charge is 0.243 e. The number of hydrogen-bond acceptors (Lipinski definition) is 3. The number of likely N-dealkylation sites (tertiary alicyclic amines) is 2. The van der Waals surface area contributed by atoms with Crippen LogP contribution in [0.3, 0.4) is 0 Å². The van der Waals surface area contributed by atoms with Crippen LogP contribution in [0.1, 0.15) is 58.8 Å². The molecule has 3 aliphatic rings. The van der Waals surface area contributed by atoms with Gasteiger partial charge in [0.05, 0.1) is 5.41 Å². The quantitative estimate of drug-likeness (QED) is 0.599. The Kier molecular flexibility index (Phi) is 4.95. The van der Waals surface area contributed by atoms with Crippen LogP contribution in [-0.2, 0) is 9.59 Å². The molecule has 5 heteroatoms. The summed E-state index contributed by atoms with van der Waals surface area (Å²) < 4.78 is 0. The van der Waals surface area contributed by atoms with Gasteiger partial charge in [-0.2, -0.15) is 0 Å². The molecule has 3 fully saturated rings. The van der Waals surface area contributed by atoms with Crippen molar-refractivity contribution in [2.24, 2.45) is 5.41 Å². The van der Waals surface area contributed by atoms with Gasteiger partial charge in [-0.25, -0.2) is 0 Å². The summed E-state index contributed by atoms with van der Waals surface area (Å²) in [7, 11) is 0. The summed E-state index contributed by atoms with van der Waals surface area (Å²) in [6.45, 7) is 8.22. The monoisotopic (exact) mass is 321 g/mol. The third-order valence-electron chi connectivity index (χ3n) is 5.91. The van der Waals surface area contributed by atoms with Gasteiger partial charge in [-0.1, -0.05) is 12.8 Å². The molecule has 3 rings (SSSR count). The summed E-state index contributed by atoms with van der Waals surface area (Å²) in [6, 6.07) is -0.127. The maximum Gasteiger partial charge on any atom is 0.243 e. The fourth-order valence-corrected chi connectivity index (χ4v) is 4.71. The van der Waals surface area contributed by atoms with E-state index < -0.39 is 0 Å². The van der Waals surface area contributed by atoms with Gasteiger partial charge in [-0.15, -0.1) is 0 Å². The third kappa shape index (κ3) is 3.00. The number of hydrogen-bond donors (Lipinski definition) is 1. The van der Waals surface area contributed by atoms with Crippen LogP contribution in [0.25, 0.3) is 0 Å². The standard InChI is InChI=1S/C18H31N3O2/c1-14(2)21-15(18(17(21)23)8-3-4-9-18)16(22)19-10-7-13-20-11-5-6-12-20/h14-15H,3-13H2,1-2H3,(H,19,22). The van der Waals surface area contributed by atoms with Gasteiger partial charge in [-0.3, -0.25) is 9.59 Å². The summed E-state index contributed by atoms with van der Waals surface area (Å²) >= 11 is 0. The molecule has 0 aromatic rings. The van der Waals surface area contributed by atoms with E-state index in [9.17, 15) is 9.59 Å². The minimum absolute atomic E-state index is 0.0709. The Morgan fingerprint density at radius 1 is 1.22 bits per heavy atom. The number of nitrogens with zero attached hydrogens (tertiary/aromatic N) is 2. The van der Waals surface area contributed by atoms with Gasteiger partial charge >= 0.3 is 0 Å². The fraction of sp³-hybridized carbons (Fsp3) is 0.889. The number of rotatable bonds is 6. The highest BCUT2D eigenvalue weighted by Crippen LogP contribution is 2.52. The highest BCUT2D eigenvalue weighted by Gasteiger charge is 2.64. The summed E-state index contributed by atoms with van der Waals surface area (Å²) in [5.74, 6) is 0.281. The largest absolute Gasteiger partial charge is 0.354 e. The molecule has 0 aromatic heterocycles. The first-order valence-corrected chi connectivity index (χ1v) is 9.39. The van der Waals surface area contributed by atoms with Crippen molar-refractivity contribution in [1.29, 1.82) is 0 Å². The van der Waals surface area contributed by atoms with Crippen molar-refractivity contribution in [2.45, 2.75) is 70.9 Å². The minimum Gasteiger partial charge on any atom is -0.354 e. The Bertz CT molecular complexity index is 451. The summed E-state index contributed by atoms with van der Waals surface area (Å²) in [6.07, 6.45) is 7.56. The first-order chi connectivity index (χ1) is 11.1. The van der Waals surface area contributed by atoms with E-state index in [4.69, 9.17) is 0 Å². The number of carbonyl (C=O) groups is 2. The van der Waals surface area contributed by atoms with E-state index >= 15 is 0 Å². The van der Waals surface area contributed by atoms with Crippen molar-refractivity contribution in [3.63, 3.8) is 0 Å². The average molecular weight is 321 g/mol. The second-order valence-electron chi connectivity index (χ2n) is 7.77. The van der Waals surface area contributed by atoms with E-state index in [-0.39, 0.29) is 29.3 Å². The van der Waals surface area contributed by atoms with Crippen LogP contribution >= 0.6 is 0 Å². The van der Waals surface area contributed by atoms with E-state index in [0.717, 1.165) is 45.2 Å². The van der Waals surface area contributed by atoms with Crippen molar-refractivity contribution < 1.29 is 9.59 Å². The predicted molar refractivity (Wildman–Crippen MR) is 90.0 cm³/mol. The van der Waals surface area contributed by atoms with Crippen LogP contribution in [0.2, 0.25) is 0 Å². The van der Waals surface area contributed by atoms with Crippen LogP contribution < -0.4 is 5.32 Å². The first-order valence-electron chi connectivity index (χ1n) is 9.39. The van der Waals surface area contributed by atoms with Crippen LogP contribution in [0.15, 0.2) is 0 Å². The van der Waals surface area contributed by atoms with E-state index in [1.807, 2.05) is 13.8 Å². The van der Waals surface area contributed by atoms with Crippen molar-refractivity contribution in [3.8, 4) is 0 Å². The van der Waals surface area contributed by atoms with Gasteiger partial charge < -0.3 is 15.1 Å². The zero-order valence-corrected chi connectivity index (χ0v) is 14.6. The van der Waals surface area contributed by atoms with Gasteiger partial charge in [0.2, 0.25) is 11.8 Å². The average Bonchev–Trinajstić information content (AvgIpc) is 3.19. The minimum atomic E-state index is -0.372. The van der Waals surface area contributed by atoms with Crippen LogP contribution in [0.4, 0.5) is 0 Å². The zero-order valence-electron chi connectivity index (χ0n) is 14.6.